The number of carbonyl (C=O) groups is 2. The van der Waals surface area contributed by atoms with Gasteiger partial charge < -0.3 is 9.80 Å². The average molecular weight is 350 g/mol. The lowest BCUT2D eigenvalue weighted by Crippen LogP contribution is -2.49. The summed E-state index contributed by atoms with van der Waals surface area (Å²) >= 11 is 0. The third-order valence-electron chi connectivity index (χ3n) is 4.90. The Bertz CT molecular complexity index is 922. The van der Waals surface area contributed by atoms with Crippen LogP contribution in [-0.2, 0) is 0 Å². The van der Waals surface area contributed by atoms with Gasteiger partial charge in [0.05, 0.1) is 23.2 Å². The van der Waals surface area contributed by atoms with Crippen molar-refractivity contribution in [3.63, 3.8) is 0 Å². The number of piperazine rings is 1. The lowest BCUT2D eigenvalue weighted by atomic mass is 10.1. The molecule has 0 radical (unpaired) electrons. The Morgan fingerprint density at radius 1 is 1.27 bits per heavy atom. The van der Waals surface area contributed by atoms with Gasteiger partial charge in [-0.3, -0.25) is 9.59 Å². The lowest BCUT2D eigenvalue weighted by molar-refractivity contribution is 0.0724. The zero-order valence-electron chi connectivity index (χ0n) is 13.8. The molecule has 0 spiro atoms. The highest BCUT2D eigenvalue weighted by atomic mass is 19.1. The molecule has 1 amide bonds. The minimum absolute atomic E-state index is 0.00739. The fourth-order valence-electron chi connectivity index (χ4n) is 3.48. The van der Waals surface area contributed by atoms with Crippen LogP contribution in [0.2, 0.25) is 0 Å². The number of pyridine rings is 1. The van der Waals surface area contributed by atoms with E-state index in [0.717, 1.165) is 18.3 Å². The maximum atomic E-state index is 14.1. The van der Waals surface area contributed by atoms with Gasteiger partial charge in [-0.05, 0) is 36.8 Å². The Labute approximate surface area is 149 Å². The second-order valence-corrected chi connectivity index (χ2v) is 6.44. The van der Waals surface area contributed by atoms with Crippen molar-refractivity contribution in [2.75, 3.05) is 18.0 Å². The molecule has 2 aliphatic rings. The quantitative estimate of drug-likeness (QED) is 0.792. The topological polar surface area (TPSA) is 77.3 Å². The molecule has 2 atom stereocenters. The highest BCUT2D eigenvalue weighted by Gasteiger charge is 2.51. The number of benzene rings is 1. The average Bonchev–Trinajstić information content (AvgIpc) is 3.48. The fourth-order valence-corrected chi connectivity index (χ4v) is 3.48. The summed E-state index contributed by atoms with van der Waals surface area (Å²) < 4.78 is 14.1. The monoisotopic (exact) mass is 350 g/mol. The van der Waals surface area contributed by atoms with Gasteiger partial charge in [-0.2, -0.15) is 5.26 Å². The van der Waals surface area contributed by atoms with Gasteiger partial charge in [0.15, 0.2) is 0 Å². The van der Waals surface area contributed by atoms with Crippen LogP contribution in [0.3, 0.4) is 0 Å². The molecule has 7 heteroatoms. The summed E-state index contributed by atoms with van der Waals surface area (Å²) in [4.78, 5) is 31.8. The molecule has 0 N–H and O–H groups in total. The van der Waals surface area contributed by atoms with E-state index in [1.807, 2.05) is 6.07 Å². The van der Waals surface area contributed by atoms with Crippen molar-refractivity contribution < 1.29 is 14.0 Å². The molecule has 1 aliphatic carbocycles. The number of nitrogens with zero attached hydrogens (tertiary/aromatic N) is 4. The Balaban J connectivity index is 1.52. The van der Waals surface area contributed by atoms with Gasteiger partial charge in [0.25, 0.3) is 5.91 Å². The number of hydrogen-bond acceptors (Lipinski definition) is 5. The fraction of sp³-hybridized carbons (Fsp3) is 0.263. The van der Waals surface area contributed by atoms with Crippen LogP contribution in [-0.4, -0.2) is 47.3 Å². The zero-order valence-corrected chi connectivity index (χ0v) is 13.8. The van der Waals surface area contributed by atoms with E-state index in [-0.39, 0.29) is 29.1 Å². The molecular weight excluding hydrogens is 335 g/mol. The van der Waals surface area contributed by atoms with Gasteiger partial charge in [0.2, 0.25) is 0 Å². The van der Waals surface area contributed by atoms with Gasteiger partial charge in [0.1, 0.15) is 24.0 Å². The van der Waals surface area contributed by atoms with Crippen LogP contribution in [0.5, 0.6) is 0 Å². The normalized spacial score (nSPS) is 20.9. The predicted octanol–water partition coefficient (Wildman–Crippen LogP) is 2.01. The Morgan fingerprint density at radius 2 is 2.12 bits per heavy atom. The van der Waals surface area contributed by atoms with Crippen molar-refractivity contribution in [2.24, 2.45) is 0 Å². The first-order chi connectivity index (χ1) is 12.6. The molecule has 1 aromatic carbocycles. The summed E-state index contributed by atoms with van der Waals surface area (Å²) in [5.41, 5.74) is 0.716. The van der Waals surface area contributed by atoms with Gasteiger partial charge in [-0.15, -0.1) is 0 Å². The van der Waals surface area contributed by atoms with Crippen molar-refractivity contribution in [3.05, 3.63) is 59.0 Å². The number of anilines is 1. The number of nitriles is 1. The van der Waals surface area contributed by atoms with Crippen molar-refractivity contribution in [2.45, 2.75) is 18.5 Å². The van der Waals surface area contributed by atoms with Gasteiger partial charge >= 0.3 is 0 Å². The molecule has 2 fully saturated rings. The minimum atomic E-state index is -0.617. The third kappa shape index (κ3) is 2.69. The van der Waals surface area contributed by atoms with E-state index in [1.165, 1.54) is 18.3 Å². The van der Waals surface area contributed by atoms with Crippen LogP contribution in [0.4, 0.5) is 10.2 Å². The maximum absolute atomic E-state index is 14.1. The van der Waals surface area contributed by atoms with Crippen molar-refractivity contribution in [1.29, 1.82) is 5.26 Å². The van der Waals surface area contributed by atoms with Crippen LogP contribution in [0.15, 0.2) is 36.5 Å². The molecule has 1 aliphatic heterocycles. The summed E-state index contributed by atoms with van der Waals surface area (Å²) in [6.07, 6.45) is 2.93. The zero-order chi connectivity index (χ0) is 18.3. The second-order valence-electron chi connectivity index (χ2n) is 6.44. The number of amides is 1. The van der Waals surface area contributed by atoms with Gasteiger partial charge in [0, 0.05) is 24.8 Å². The highest BCUT2D eigenvalue weighted by Crippen LogP contribution is 2.39. The molecule has 1 saturated heterocycles. The molecule has 4 rings (SSSR count). The van der Waals surface area contributed by atoms with E-state index in [4.69, 9.17) is 5.26 Å². The van der Waals surface area contributed by atoms with E-state index >= 15 is 0 Å². The summed E-state index contributed by atoms with van der Waals surface area (Å²) in [5, 5.41) is 8.86. The van der Waals surface area contributed by atoms with E-state index in [2.05, 4.69) is 9.88 Å². The van der Waals surface area contributed by atoms with Crippen LogP contribution in [0.1, 0.15) is 32.7 Å². The van der Waals surface area contributed by atoms with Crippen LogP contribution in [0.25, 0.3) is 0 Å². The molecule has 2 unspecified atom stereocenters. The second kappa shape index (κ2) is 6.23. The van der Waals surface area contributed by atoms with Crippen LogP contribution in [0, 0.1) is 17.1 Å². The first-order valence-electron chi connectivity index (χ1n) is 8.31. The van der Waals surface area contributed by atoms with Crippen molar-refractivity contribution in [1.82, 2.24) is 9.88 Å². The predicted molar refractivity (Wildman–Crippen MR) is 91.3 cm³/mol. The molecule has 2 aromatic rings. The van der Waals surface area contributed by atoms with E-state index in [0.29, 0.717) is 24.9 Å². The number of rotatable bonds is 3. The summed E-state index contributed by atoms with van der Waals surface area (Å²) in [6.45, 7) is 1.03. The number of aromatic nitrogens is 1. The van der Waals surface area contributed by atoms with Gasteiger partial charge in [-0.25, -0.2) is 9.37 Å². The largest absolute Gasteiger partial charge is 0.350 e. The number of carbonyl (C=O) groups excluding carboxylic acids is 2. The molecule has 6 nitrogen and oxygen atoms in total. The number of aldehydes is 1. The Hall–Kier alpha value is -3.27. The Morgan fingerprint density at radius 3 is 2.81 bits per heavy atom. The van der Waals surface area contributed by atoms with Crippen molar-refractivity contribution >= 4 is 18.0 Å². The highest BCUT2D eigenvalue weighted by molar-refractivity contribution is 5.96. The maximum Gasteiger partial charge on any atom is 0.257 e. The number of halogens is 1. The first kappa shape index (κ1) is 16.2. The molecular formula is C19H15FN4O2. The molecule has 2 heterocycles. The molecule has 130 valence electrons. The van der Waals surface area contributed by atoms with Crippen LogP contribution >= 0.6 is 0 Å². The molecule has 0 bridgehead atoms. The van der Waals surface area contributed by atoms with E-state index in [1.54, 1.807) is 17.0 Å². The van der Waals surface area contributed by atoms with E-state index < -0.39 is 5.82 Å². The molecule has 26 heavy (non-hydrogen) atoms. The summed E-state index contributed by atoms with van der Waals surface area (Å²) in [6, 6.07) is 9.52. The number of hydrogen-bond donors (Lipinski definition) is 0. The van der Waals surface area contributed by atoms with Crippen molar-refractivity contribution in [3.8, 4) is 6.07 Å². The van der Waals surface area contributed by atoms with E-state index in [9.17, 15) is 14.0 Å². The SMILES string of the molecule is N#Cc1ccc(N2CCN(C(=O)c3cc(C=O)ccc3F)C3CC32)nc1. The summed E-state index contributed by atoms with van der Waals surface area (Å²) in [7, 11) is 0. The summed E-state index contributed by atoms with van der Waals surface area (Å²) in [5.74, 6) is -0.224. The third-order valence-corrected chi connectivity index (χ3v) is 4.90. The standard InChI is InChI=1S/C19H15FN4O2/c20-15-3-1-12(11-25)7-14(15)19(26)24-6-5-23(16-8-17(16)24)18-4-2-13(9-21)10-22-18/h1-4,7,10-11,16-17H,5-6,8H2. The smallest absolute Gasteiger partial charge is 0.257 e. The minimum Gasteiger partial charge on any atom is -0.350 e. The Kier molecular flexibility index (Phi) is 3.88. The molecule has 1 saturated carbocycles. The van der Waals surface area contributed by atoms with Crippen LogP contribution < -0.4 is 4.90 Å². The number of fused-ring (bicyclic) bond motifs is 1. The first-order valence-corrected chi connectivity index (χ1v) is 8.31. The molecule has 1 aromatic heterocycles. The van der Waals surface area contributed by atoms with Gasteiger partial charge in [-0.1, -0.05) is 0 Å². The lowest BCUT2D eigenvalue weighted by Gasteiger charge is -2.35.